The molecule has 0 aliphatic rings. The van der Waals surface area contributed by atoms with Gasteiger partial charge in [0.15, 0.2) is 17.1 Å². The number of H-pyrrole nitrogens is 1. The molecule has 0 bridgehead atoms. The molecule has 0 saturated carbocycles. The Morgan fingerprint density at radius 3 is 2.62 bits per heavy atom. The fourth-order valence-corrected chi connectivity index (χ4v) is 0.752. The number of rotatable bonds is 2. The van der Waals surface area contributed by atoms with Crippen LogP contribution in [0.15, 0.2) is 0 Å². The van der Waals surface area contributed by atoms with Crippen LogP contribution in [-0.4, -0.2) is 34.3 Å². The van der Waals surface area contributed by atoms with Gasteiger partial charge in [0.2, 0.25) is 0 Å². The Kier molecular flexibility index (Phi) is 2.18. The van der Waals surface area contributed by atoms with Crippen molar-refractivity contribution in [2.75, 3.05) is 7.11 Å². The highest BCUT2D eigenvalue weighted by Crippen LogP contribution is 2.18. The number of carbonyl (C=O) groups excluding carboxylic acids is 2. The van der Waals surface area contributed by atoms with Gasteiger partial charge in [-0.05, 0) is 0 Å². The molecule has 0 saturated heterocycles. The van der Waals surface area contributed by atoms with Crippen molar-refractivity contribution in [3.63, 3.8) is 0 Å². The zero-order valence-electron chi connectivity index (χ0n) is 6.70. The van der Waals surface area contributed by atoms with E-state index >= 15 is 0 Å². The quantitative estimate of drug-likeness (QED) is 0.510. The fraction of sp³-hybridized carbons (Fsp3) is 0.167. The Morgan fingerprint density at radius 2 is 2.23 bits per heavy atom. The summed E-state index contributed by atoms with van der Waals surface area (Å²) in [5.41, 5.74) is 4.15. The van der Waals surface area contributed by atoms with Gasteiger partial charge in [-0.15, -0.1) is 0 Å². The molecule has 1 aromatic heterocycles. The van der Waals surface area contributed by atoms with E-state index in [9.17, 15) is 14.7 Å². The molecule has 4 N–H and O–H groups in total. The van der Waals surface area contributed by atoms with Crippen LogP contribution in [0.2, 0.25) is 0 Å². The number of hydrogen-bond acceptors (Lipinski definition) is 5. The third kappa shape index (κ3) is 1.43. The number of primary amides is 1. The highest BCUT2D eigenvalue weighted by molar-refractivity contribution is 5.99. The van der Waals surface area contributed by atoms with Crippen molar-refractivity contribution in [1.82, 2.24) is 10.2 Å². The van der Waals surface area contributed by atoms with Crippen molar-refractivity contribution >= 4 is 11.9 Å². The lowest BCUT2D eigenvalue weighted by Gasteiger charge is -1.94. The number of aromatic hydroxyl groups is 1. The van der Waals surface area contributed by atoms with Crippen LogP contribution in [0, 0.1) is 0 Å². The number of nitrogens with two attached hydrogens (primary N) is 1. The Hall–Kier alpha value is -2.05. The molecule has 13 heavy (non-hydrogen) atoms. The number of amides is 1. The summed E-state index contributed by atoms with van der Waals surface area (Å²) in [6.45, 7) is 0. The number of methoxy groups -OCH3 is 1. The molecule has 7 heteroatoms. The van der Waals surface area contributed by atoms with E-state index in [2.05, 4.69) is 14.9 Å². The van der Waals surface area contributed by atoms with Crippen molar-refractivity contribution in [1.29, 1.82) is 0 Å². The van der Waals surface area contributed by atoms with Crippen LogP contribution in [0.3, 0.4) is 0 Å². The fourth-order valence-electron chi connectivity index (χ4n) is 0.752. The maximum absolute atomic E-state index is 10.9. The van der Waals surface area contributed by atoms with Gasteiger partial charge in [-0.1, -0.05) is 0 Å². The van der Waals surface area contributed by atoms with Gasteiger partial charge in [0.25, 0.3) is 5.91 Å². The molecule has 70 valence electrons. The smallest absolute Gasteiger partial charge is 0.360 e. The van der Waals surface area contributed by atoms with Crippen LogP contribution < -0.4 is 5.73 Å². The lowest BCUT2D eigenvalue weighted by Crippen LogP contribution is -2.11. The van der Waals surface area contributed by atoms with Crippen molar-refractivity contribution in [3.8, 4) is 5.75 Å². The summed E-state index contributed by atoms with van der Waals surface area (Å²) in [5.74, 6) is -2.35. The first-order valence-electron chi connectivity index (χ1n) is 3.23. The first-order valence-corrected chi connectivity index (χ1v) is 3.23. The summed E-state index contributed by atoms with van der Waals surface area (Å²) in [4.78, 5) is 21.4. The van der Waals surface area contributed by atoms with Crippen LogP contribution in [0.4, 0.5) is 0 Å². The lowest BCUT2D eigenvalue weighted by atomic mass is 10.3. The molecule has 1 aromatic rings. The first-order chi connectivity index (χ1) is 6.07. The lowest BCUT2D eigenvalue weighted by molar-refractivity contribution is 0.0590. The van der Waals surface area contributed by atoms with Gasteiger partial charge in [-0.2, -0.15) is 5.10 Å². The predicted molar refractivity (Wildman–Crippen MR) is 40.1 cm³/mol. The second kappa shape index (κ2) is 3.13. The molecule has 0 atom stereocenters. The summed E-state index contributed by atoms with van der Waals surface area (Å²) in [6.07, 6.45) is 0. The second-order valence-corrected chi connectivity index (χ2v) is 2.15. The van der Waals surface area contributed by atoms with Crippen molar-refractivity contribution in [3.05, 3.63) is 11.4 Å². The molecule has 0 aliphatic heterocycles. The minimum Gasteiger partial charge on any atom is -0.503 e. The van der Waals surface area contributed by atoms with E-state index in [1.165, 1.54) is 0 Å². The second-order valence-electron chi connectivity index (χ2n) is 2.15. The molecular weight excluding hydrogens is 178 g/mol. The summed E-state index contributed by atoms with van der Waals surface area (Å²) in [6, 6.07) is 0. The van der Waals surface area contributed by atoms with E-state index in [0.29, 0.717) is 0 Å². The van der Waals surface area contributed by atoms with E-state index in [4.69, 9.17) is 5.73 Å². The van der Waals surface area contributed by atoms with Crippen molar-refractivity contribution < 1.29 is 19.4 Å². The SMILES string of the molecule is COC(=O)c1[nH]nc(C(N)=O)c1O. The van der Waals surface area contributed by atoms with Crippen LogP contribution >= 0.6 is 0 Å². The molecule has 0 unspecified atom stereocenters. The summed E-state index contributed by atoms with van der Waals surface area (Å²) >= 11 is 0. The number of nitrogens with one attached hydrogen (secondary N) is 1. The third-order valence-corrected chi connectivity index (χ3v) is 1.36. The zero-order chi connectivity index (χ0) is 10.0. The largest absolute Gasteiger partial charge is 0.503 e. The normalized spacial score (nSPS) is 9.62. The number of carbonyl (C=O) groups is 2. The topological polar surface area (TPSA) is 118 Å². The maximum Gasteiger partial charge on any atom is 0.360 e. The minimum absolute atomic E-state index is 0.295. The van der Waals surface area contributed by atoms with Gasteiger partial charge >= 0.3 is 5.97 Å². The van der Waals surface area contributed by atoms with Gasteiger partial charge in [-0.3, -0.25) is 9.89 Å². The van der Waals surface area contributed by atoms with Crippen LogP contribution in [0.1, 0.15) is 21.0 Å². The molecule has 1 rings (SSSR count). The summed E-state index contributed by atoms with van der Waals surface area (Å²) in [5, 5.41) is 14.7. The Morgan fingerprint density at radius 1 is 1.62 bits per heavy atom. The van der Waals surface area contributed by atoms with E-state index in [1.807, 2.05) is 0 Å². The zero-order valence-corrected chi connectivity index (χ0v) is 6.70. The Balaban J connectivity index is 3.13. The average molecular weight is 185 g/mol. The highest BCUT2D eigenvalue weighted by Gasteiger charge is 2.21. The number of nitrogens with zero attached hydrogens (tertiary/aromatic N) is 1. The molecular formula is C6H7N3O4. The monoisotopic (exact) mass is 185 g/mol. The number of hydrogen-bond donors (Lipinski definition) is 3. The summed E-state index contributed by atoms with van der Waals surface area (Å²) in [7, 11) is 1.13. The average Bonchev–Trinajstić information content (AvgIpc) is 2.46. The van der Waals surface area contributed by atoms with Crippen molar-refractivity contribution in [2.45, 2.75) is 0 Å². The maximum atomic E-state index is 10.9. The van der Waals surface area contributed by atoms with Crippen molar-refractivity contribution in [2.24, 2.45) is 5.73 Å². The standard InChI is InChI=1S/C6H7N3O4/c1-13-6(12)3-4(10)2(5(7)11)8-9-3/h10H,1H3,(H2,7,11)(H,8,9). The molecule has 7 nitrogen and oxygen atoms in total. The molecule has 0 aromatic carbocycles. The summed E-state index contributed by atoms with van der Waals surface area (Å²) < 4.78 is 4.29. The van der Waals surface area contributed by atoms with Crippen LogP contribution in [0.5, 0.6) is 5.75 Å². The van der Waals surface area contributed by atoms with Gasteiger partial charge < -0.3 is 15.6 Å². The van der Waals surface area contributed by atoms with Crippen LogP contribution in [-0.2, 0) is 4.74 Å². The van der Waals surface area contributed by atoms with Gasteiger partial charge in [-0.25, -0.2) is 4.79 Å². The van der Waals surface area contributed by atoms with Crippen LogP contribution in [0.25, 0.3) is 0 Å². The minimum atomic E-state index is -0.927. The van der Waals surface area contributed by atoms with E-state index in [0.717, 1.165) is 7.11 Å². The highest BCUT2D eigenvalue weighted by atomic mass is 16.5. The van der Waals surface area contributed by atoms with Gasteiger partial charge in [0.1, 0.15) is 0 Å². The predicted octanol–water partition coefficient (Wildman–Crippen LogP) is -0.999. The molecule has 0 fully saturated rings. The number of aromatic nitrogens is 2. The number of esters is 1. The van der Waals surface area contributed by atoms with E-state index in [-0.39, 0.29) is 11.4 Å². The molecule has 1 heterocycles. The third-order valence-electron chi connectivity index (χ3n) is 1.36. The molecule has 0 radical (unpaired) electrons. The van der Waals surface area contributed by atoms with Gasteiger partial charge in [0, 0.05) is 0 Å². The van der Waals surface area contributed by atoms with E-state index in [1.54, 1.807) is 0 Å². The Labute approximate surface area is 72.5 Å². The molecule has 0 spiro atoms. The number of aromatic amines is 1. The van der Waals surface area contributed by atoms with Gasteiger partial charge in [0.05, 0.1) is 7.11 Å². The number of ether oxygens (including phenoxy) is 1. The first kappa shape index (κ1) is 9.04. The molecule has 0 aliphatic carbocycles. The Bertz CT molecular complexity index is 357. The molecule has 1 amide bonds. The van der Waals surface area contributed by atoms with E-state index < -0.39 is 17.6 Å².